The molecule has 4 N–H and O–H groups in total. The van der Waals surface area contributed by atoms with Gasteiger partial charge in [-0.25, -0.2) is 0 Å². The van der Waals surface area contributed by atoms with Gasteiger partial charge < -0.3 is 25.0 Å². The molecule has 340 valence electrons. The van der Waals surface area contributed by atoms with E-state index in [-0.39, 0.29) is 58.9 Å². The molecule has 1 aliphatic heterocycles. The zero-order valence-corrected chi connectivity index (χ0v) is 38.8. The fourth-order valence-electron chi connectivity index (χ4n) is 8.70. The molecule has 0 saturated carbocycles. The first-order chi connectivity index (χ1) is 28.8. The van der Waals surface area contributed by atoms with Gasteiger partial charge in [0.25, 0.3) is 10.1 Å². The van der Waals surface area contributed by atoms with Crippen molar-refractivity contribution in [2.45, 2.75) is 128 Å². The van der Waals surface area contributed by atoms with Crippen LogP contribution in [-0.2, 0) is 45.2 Å². The molecule has 15 heteroatoms. The van der Waals surface area contributed by atoms with E-state index in [2.05, 4.69) is 29.8 Å². The molecule has 9 atom stereocenters. The number of rotatable bonds is 23. The van der Waals surface area contributed by atoms with Crippen LogP contribution in [0.1, 0.15) is 85.3 Å². The number of imide groups is 1. The van der Waals surface area contributed by atoms with E-state index in [9.17, 15) is 32.1 Å². The highest BCUT2D eigenvalue weighted by Crippen LogP contribution is 2.30. The smallest absolute Gasteiger partial charge is 0.294 e. The molecule has 1 heterocycles. The maximum atomic E-state index is 14.4. The van der Waals surface area contributed by atoms with E-state index in [0.29, 0.717) is 24.9 Å². The second kappa shape index (κ2) is 24.0. The number of hydrogen-bond acceptors (Lipinski definition) is 10. The molecule has 0 aromatic heterocycles. The lowest BCUT2D eigenvalue weighted by atomic mass is 9.87. The Balaban J connectivity index is 1.82. The summed E-state index contributed by atoms with van der Waals surface area (Å²) < 4.78 is 44.6. The van der Waals surface area contributed by atoms with E-state index < -0.39 is 52.3 Å². The molecule has 14 nitrogen and oxygen atoms in total. The number of carbonyl (C=O) groups is 4. The van der Waals surface area contributed by atoms with E-state index >= 15 is 0 Å². The van der Waals surface area contributed by atoms with Crippen LogP contribution in [0, 0.1) is 23.7 Å². The second-order valence-corrected chi connectivity index (χ2v) is 18.5. The Morgan fingerprint density at radius 2 is 1.56 bits per heavy atom. The van der Waals surface area contributed by atoms with Crippen LogP contribution < -0.4 is 16.0 Å². The quantitative estimate of drug-likeness (QED) is 0.111. The highest BCUT2D eigenvalue weighted by Gasteiger charge is 2.43. The number of benzene rings is 2. The van der Waals surface area contributed by atoms with Gasteiger partial charge in [-0.3, -0.25) is 33.9 Å². The van der Waals surface area contributed by atoms with Gasteiger partial charge in [0.15, 0.2) is 0 Å². The van der Waals surface area contributed by atoms with E-state index in [1.54, 1.807) is 46.4 Å². The predicted octanol–water partition coefficient (Wildman–Crippen LogP) is 4.98. The third-order valence-corrected chi connectivity index (χ3v) is 13.0. The van der Waals surface area contributed by atoms with Crippen molar-refractivity contribution in [2.24, 2.45) is 23.7 Å². The number of ether oxygens (including phenoxy) is 2. The Kier molecular flexibility index (Phi) is 20.2. The molecule has 3 rings (SSSR count). The number of likely N-dealkylation sites (N-methyl/N-ethyl adjacent to an activating group) is 2. The molecule has 2 aromatic rings. The predicted molar refractivity (Wildman–Crippen MR) is 238 cm³/mol. The zero-order chi connectivity index (χ0) is 45.6. The molecule has 2 aromatic carbocycles. The van der Waals surface area contributed by atoms with Crippen molar-refractivity contribution in [3.05, 3.63) is 71.8 Å². The van der Waals surface area contributed by atoms with Crippen LogP contribution >= 0.6 is 0 Å². The van der Waals surface area contributed by atoms with E-state index in [1.807, 2.05) is 81.0 Å². The van der Waals surface area contributed by atoms with Crippen LogP contribution in [0.4, 0.5) is 0 Å². The van der Waals surface area contributed by atoms with Crippen molar-refractivity contribution in [1.82, 2.24) is 25.8 Å². The third kappa shape index (κ3) is 14.3. The summed E-state index contributed by atoms with van der Waals surface area (Å²) in [5, 5.41) is 8.81. The average molecular weight is 870 g/mol. The summed E-state index contributed by atoms with van der Waals surface area (Å²) >= 11 is 0. The fourth-order valence-corrected chi connectivity index (χ4v) is 9.18. The maximum Gasteiger partial charge on any atom is 0.294 e. The summed E-state index contributed by atoms with van der Waals surface area (Å²) in [5.74, 6) is -1.98. The summed E-state index contributed by atoms with van der Waals surface area (Å²) in [5.41, 5.74) is 1.68. The van der Waals surface area contributed by atoms with Crippen LogP contribution in [0.25, 0.3) is 6.08 Å². The molecule has 1 saturated heterocycles. The van der Waals surface area contributed by atoms with Crippen LogP contribution in [0.15, 0.2) is 65.6 Å². The molecule has 61 heavy (non-hydrogen) atoms. The van der Waals surface area contributed by atoms with E-state index in [1.165, 1.54) is 12.1 Å². The summed E-state index contributed by atoms with van der Waals surface area (Å²) in [6.45, 7) is 14.1. The molecule has 1 fully saturated rings. The lowest BCUT2D eigenvalue weighted by molar-refractivity contribution is -0.144. The second-order valence-electron chi connectivity index (χ2n) is 17.1. The van der Waals surface area contributed by atoms with Crippen LogP contribution in [-0.4, -0.2) is 124 Å². The highest BCUT2D eigenvalue weighted by molar-refractivity contribution is 7.85. The van der Waals surface area contributed by atoms with Crippen molar-refractivity contribution in [3.8, 4) is 0 Å². The van der Waals surface area contributed by atoms with Gasteiger partial charge in [0, 0.05) is 26.8 Å². The van der Waals surface area contributed by atoms with Crippen LogP contribution in [0.2, 0.25) is 0 Å². The Labute approximate surface area is 364 Å². The van der Waals surface area contributed by atoms with Crippen molar-refractivity contribution in [3.63, 3.8) is 0 Å². The van der Waals surface area contributed by atoms with Crippen LogP contribution in [0.5, 0.6) is 0 Å². The Morgan fingerprint density at radius 1 is 0.918 bits per heavy atom. The standard InChI is InChI=1S/C46H71N5O9S/c1-12-31(6)42(50(9)41(30(4)5)46(55)49-45(54)40(47-8)29(2)3)38(59-10)28-39(52)51-26-16-19-37(51)43(60-11)32(7)44(53)48-35(27-34-17-14-13-15-18-34)23-20-33-21-24-36(25-22-33)61(56,57)58/h13-15,17-18,20-25,29-32,35,37-38,40-43,47H,12,16,19,26-28H2,1-11H3,(H,48,53)(H,49,54,55)(H,56,57,58)/t31-,32+,35+,37-,38+,40-,41-,42-,43+/m0/s1. The maximum absolute atomic E-state index is 14.4. The van der Waals surface area contributed by atoms with Crippen molar-refractivity contribution >= 4 is 39.8 Å². The first kappa shape index (κ1) is 51.4. The Bertz CT molecular complexity index is 1860. The Morgan fingerprint density at radius 3 is 2.08 bits per heavy atom. The number of nitrogens with one attached hydrogen (secondary N) is 3. The van der Waals surface area contributed by atoms with Crippen LogP contribution in [0.3, 0.4) is 0 Å². The van der Waals surface area contributed by atoms with Gasteiger partial charge >= 0.3 is 0 Å². The van der Waals surface area contributed by atoms with Crippen molar-refractivity contribution in [1.29, 1.82) is 0 Å². The van der Waals surface area contributed by atoms with Gasteiger partial charge in [-0.05, 0) is 74.4 Å². The van der Waals surface area contributed by atoms with Gasteiger partial charge in [0.2, 0.25) is 23.6 Å². The zero-order valence-electron chi connectivity index (χ0n) is 38.0. The SMILES string of the molecule is CC[C@H](C)[C@@H]([C@@H](CC(=O)N1CCC[C@H]1[C@H](OC)[C@@H](C)C(=O)N[C@H](C=Cc1ccc(S(=O)(=O)O)cc1)Cc1ccccc1)OC)N(C)[C@H](C(=O)NC(=O)[C@@H](NC)C(C)C)C(C)C. The monoisotopic (exact) mass is 869 g/mol. The summed E-state index contributed by atoms with van der Waals surface area (Å²) in [4.78, 5) is 58.9. The number of nitrogens with zero attached hydrogens (tertiary/aromatic N) is 2. The molecular formula is C46H71N5O9S. The molecule has 0 radical (unpaired) electrons. The Hall–Kier alpha value is -3.99. The molecule has 0 spiro atoms. The number of hydrogen-bond donors (Lipinski definition) is 4. The van der Waals surface area contributed by atoms with Gasteiger partial charge in [-0.2, -0.15) is 8.42 Å². The minimum Gasteiger partial charge on any atom is -0.379 e. The molecular weight excluding hydrogens is 799 g/mol. The average Bonchev–Trinajstić information content (AvgIpc) is 3.69. The topological polar surface area (TPSA) is 184 Å². The third-order valence-electron chi connectivity index (χ3n) is 12.1. The first-order valence-corrected chi connectivity index (χ1v) is 22.9. The largest absolute Gasteiger partial charge is 0.379 e. The van der Waals surface area contributed by atoms with Gasteiger partial charge in [0.1, 0.15) is 0 Å². The summed E-state index contributed by atoms with van der Waals surface area (Å²) in [6.07, 6.45) is 5.10. The number of carbonyl (C=O) groups excluding carboxylic acids is 4. The summed E-state index contributed by atoms with van der Waals surface area (Å²) in [7, 11) is 2.36. The molecule has 0 bridgehead atoms. The molecule has 1 aliphatic rings. The van der Waals surface area contributed by atoms with E-state index in [0.717, 1.165) is 18.4 Å². The summed E-state index contributed by atoms with van der Waals surface area (Å²) in [6, 6.07) is 13.1. The number of likely N-dealkylation sites (tertiary alicyclic amines) is 1. The van der Waals surface area contributed by atoms with Gasteiger partial charge in [-0.1, -0.05) is 110 Å². The normalized spacial score (nSPS) is 18.7. The molecule has 4 amide bonds. The highest BCUT2D eigenvalue weighted by atomic mass is 32.2. The number of amides is 4. The lowest BCUT2D eigenvalue weighted by Gasteiger charge is -2.43. The minimum atomic E-state index is -4.33. The fraction of sp³-hybridized carbons (Fsp3) is 0.609. The van der Waals surface area contributed by atoms with Crippen molar-refractivity contribution < 1.29 is 41.6 Å². The van der Waals surface area contributed by atoms with Gasteiger partial charge in [-0.15, -0.1) is 0 Å². The lowest BCUT2D eigenvalue weighted by Crippen LogP contribution is -2.60. The molecule has 0 unspecified atom stereocenters. The van der Waals surface area contributed by atoms with Gasteiger partial charge in [0.05, 0.1) is 53.6 Å². The van der Waals surface area contributed by atoms with Crippen molar-refractivity contribution in [2.75, 3.05) is 34.9 Å². The van der Waals surface area contributed by atoms with E-state index in [4.69, 9.17) is 9.47 Å². The minimum absolute atomic E-state index is 0.0203. The number of methoxy groups -OCH3 is 2. The molecule has 0 aliphatic carbocycles. The first-order valence-electron chi connectivity index (χ1n) is 21.5.